The topological polar surface area (TPSA) is 86.4 Å². The van der Waals surface area contributed by atoms with Crippen LogP contribution in [0.3, 0.4) is 0 Å². The fourth-order valence-electron chi connectivity index (χ4n) is 2.50. The van der Waals surface area contributed by atoms with E-state index < -0.39 is 6.16 Å². The van der Waals surface area contributed by atoms with Gasteiger partial charge in [-0.3, -0.25) is 0 Å². The third-order valence-electron chi connectivity index (χ3n) is 3.92. The van der Waals surface area contributed by atoms with Gasteiger partial charge in [-0.15, -0.1) is 0 Å². The summed E-state index contributed by atoms with van der Waals surface area (Å²) in [5, 5.41) is 13.6. The Kier molecular flexibility index (Phi) is 5.96. The molecule has 0 spiro atoms. The number of carbonyl (C=O) groups is 1. The summed E-state index contributed by atoms with van der Waals surface area (Å²) in [4.78, 5) is 11.3. The van der Waals surface area contributed by atoms with E-state index in [-0.39, 0.29) is 6.61 Å². The second kappa shape index (κ2) is 8.59. The quantitative estimate of drug-likeness (QED) is 0.426. The van der Waals surface area contributed by atoms with Gasteiger partial charge in [-0.25, -0.2) is 9.48 Å². The fraction of sp³-hybridized carbons (Fsp3) is 0.150. The molecule has 0 fully saturated rings. The first-order valence-electron chi connectivity index (χ1n) is 8.25. The van der Waals surface area contributed by atoms with Gasteiger partial charge in [-0.05, 0) is 53.2 Å². The standard InChI is InChI=1S/C20H16BrN3O4/c1-13-17(11-22)19(21)24(23-13)15-7-9-16(10-8-15)27-12-14-5-3-4-6-18(14)28-20(25)26-2/h3-10H,12H2,1-2H3. The van der Waals surface area contributed by atoms with E-state index in [1.165, 1.54) is 7.11 Å². The third-order valence-corrected chi connectivity index (χ3v) is 4.66. The predicted molar refractivity (Wildman–Crippen MR) is 105 cm³/mol. The van der Waals surface area contributed by atoms with Gasteiger partial charge >= 0.3 is 6.16 Å². The van der Waals surface area contributed by atoms with Crippen molar-refractivity contribution >= 4 is 22.1 Å². The fourth-order valence-corrected chi connectivity index (χ4v) is 3.16. The lowest BCUT2D eigenvalue weighted by atomic mass is 10.2. The Bertz CT molecular complexity index is 1040. The summed E-state index contributed by atoms with van der Waals surface area (Å²) < 4.78 is 17.7. The number of halogens is 1. The van der Waals surface area contributed by atoms with Crippen molar-refractivity contribution in [2.24, 2.45) is 0 Å². The van der Waals surface area contributed by atoms with Crippen molar-refractivity contribution in [1.82, 2.24) is 9.78 Å². The van der Waals surface area contributed by atoms with Crippen LogP contribution in [0.15, 0.2) is 53.1 Å². The lowest BCUT2D eigenvalue weighted by molar-refractivity contribution is 0.120. The summed E-state index contributed by atoms with van der Waals surface area (Å²) in [6, 6.07) is 16.5. The Morgan fingerprint density at radius 1 is 1.21 bits per heavy atom. The average molecular weight is 442 g/mol. The monoisotopic (exact) mass is 441 g/mol. The number of aryl methyl sites for hydroxylation is 1. The molecule has 0 radical (unpaired) electrons. The van der Waals surface area contributed by atoms with Crippen molar-refractivity contribution in [2.45, 2.75) is 13.5 Å². The summed E-state index contributed by atoms with van der Waals surface area (Å²) in [7, 11) is 1.25. The average Bonchev–Trinajstić information content (AvgIpc) is 3.01. The lowest BCUT2D eigenvalue weighted by Crippen LogP contribution is -2.09. The Morgan fingerprint density at radius 2 is 1.93 bits per heavy atom. The highest BCUT2D eigenvalue weighted by molar-refractivity contribution is 9.10. The number of rotatable bonds is 5. The molecule has 3 rings (SSSR count). The minimum Gasteiger partial charge on any atom is -0.489 e. The number of ether oxygens (including phenoxy) is 3. The molecule has 0 aliphatic heterocycles. The van der Waals surface area contributed by atoms with Crippen molar-refractivity contribution in [3.63, 3.8) is 0 Å². The van der Waals surface area contributed by atoms with Crippen molar-refractivity contribution in [1.29, 1.82) is 5.26 Å². The molecule has 0 N–H and O–H groups in total. The summed E-state index contributed by atoms with van der Waals surface area (Å²) in [6.45, 7) is 2.00. The van der Waals surface area contributed by atoms with Crippen LogP contribution in [0, 0.1) is 18.3 Å². The lowest BCUT2D eigenvalue weighted by Gasteiger charge is -2.11. The number of hydrogen-bond donors (Lipinski definition) is 0. The van der Waals surface area contributed by atoms with E-state index in [9.17, 15) is 10.1 Å². The molecule has 0 saturated carbocycles. The Hall–Kier alpha value is -3.31. The van der Waals surface area contributed by atoms with Crippen LogP contribution in [0.5, 0.6) is 11.5 Å². The molecule has 0 aliphatic rings. The zero-order valence-electron chi connectivity index (χ0n) is 15.2. The van der Waals surface area contributed by atoms with Gasteiger partial charge in [-0.1, -0.05) is 18.2 Å². The van der Waals surface area contributed by atoms with Gasteiger partial charge in [0.2, 0.25) is 0 Å². The predicted octanol–water partition coefficient (Wildman–Crippen LogP) is 4.54. The van der Waals surface area contributed by atoms with E-state index in [4.69, 9.17) is 9.47 Å². The van der Waals surface area contributed by atoms with Crippen LogP contribution in [0.25, 0.3) is 5.69 Å². The van der Waals surface area contributed by atoms with Gasteiger partial charge in [0.25, 0.3) is 0 Å². The molecular formula is C20H16BrN3O4. The van der Waals surface area contributed by atoms with E-state index in [0.717, 1.165) is 5.69 Å². The van der Waals surface area contributed by atoms with Gasteiger partial charge in [-0.2, -0.15) is 10.4 Å². The van der Waals surface area contributed by atoms with E-state index in [2.05, 4.69) is 31.8 Å². The van der Waals surface area contributed by atoms with Gasteiger partial charge < -0.3 is 14.2 Å². The van der Waals surface area contributed by atoms with Crippen molar-refractivity contribution in [3.05, 3.63) is 70.0 Å². The van der Waals surface area contributed by atoms with Crippen LogP contribution in [0.4, 0.5) is 4.79 Å². The van der Waals surface area contributed by atoms with Crippen LogP contribution in [-0.4, -0.2) is 23.0 Å². The number of para-hydroxylation sites is 1. The number of aromatic nitrogens is 2. The van der Waals surface area contributed by atoms with E-state index in [1.54, 1.807) is 41.9 Å². The molecule has 1 aromatic heterocycles. The molecule has 0 atom stereocenters. The van der Waals surface area contributed by atoms with E-state index in [1.807, 2.05) is 18.2 Å². The number of methoxy groups -OCH3 is 1. The van der Waals surface area contributed by atoms with Crippen molar-refractivity contribution in [2.75, 3.05) is 7.11 Å². The maximum absolute atomic E-state index is 11.3. The number of benzene rings is 2. The Labute approximate surface area is 170 Å². The highest BCUT2D eigenvalue weighted by atomic mass is 79.9. The smallest absolute Gasteiger partial charge is 0.489 e. The number of nitriles is 1. The van der Waals surface area contributed by atoms with E-state index >= 15 is 0 Å². The SMILES string of the molecule is COC(=O)Oc1ccccc1COc1ccc(-n2nc(C)c(C#N)c2Br)cc1. The second-order valence-corrected chi connectivity index (χ2v) is 6.47. The molecule has 1 heterocycles. The van der Waals surface area contributed by atoms with Crippen LogP contribution in [0.2, 0.25) is 0 Å². The van der Waals surface area contributed by atoms with Crippen molar-refractivity contribution < 1.29 is 19.0 Å². The van der Waals surface area contributed by atoms with Crippen LogP contribution >= 0.6 is 15.9 Å². The molecule has 0 bridgehead atoms. The third kappa shape index (κ3) is 4.15. The minimum atomic E-state index is -0.784. The zero-order chi connectivity index (χ0) is 20.1. The maximum atomic E-state index is 11.3. The number of hydrogen-bond acceptors (Lipinski definition) is 6. The molecule has 2 aromatic carbocycles. The second-order valence-electron chi connectivity index (χ2n) is 5.72. The molecule has 0 unspecified atom stereocenters. The van der Waals surface area contributed by atoms with Crippen LogP contribution < -0.4 is 9.47 Å². The molecule has 8 heteroatoms. The molecule has 0 saturated heterocycles. The first-order valence-corrected chi connectivity index (χ1v) is 9.05. The Balaban J connectivity index is 1.73. The maximum Gasteiger partial charge on any atom is 0.513 e. The molecule has 28 heavy (non-hydrogen) atoms. The van der Waals surface area contributed by atoms with Gasteiger partial charge in [0, 0.05) is 5.56 Å². The first kappa shape index (κ1) is 19.5. The molecule has 0 aliphatic carbocycles. The summed E-state index contributed by atoms with van der Waals surface area (Å²) >= 11 is 3.41. The van der Waals surface area contributed by atoms with Gasteiger partial charge in [0.05, 0.1) is 18.5 Å². The normalized spacial score (nSPS) is 10.2. The highest BCUT2D eigenvalue weighted by Crippen LogP contribution is 2.25. The molecular weight excluding hydrogens is 426 g/mol. The summed E-state index contributed by atoms with van der Waals surface area (Å²) in [5.41, 5.74) is 2.65. The van der Waals surface area contributed by atoms with Crippen molar-refractivity contribution in [3.8, 4) is 23.3 Å². The minimum absolute atomic E-state index is 0.218. The van der Waals surface area contributed by atoms with Crippen LogP contribution in [-0.2, 0) is 11.3 Å². The molecule has 3 aromatic rings. The van der Waals surface area contributed by atoms with Crippen LogP contribution in [0.1, 0.15) is 16.8 Å². The Morgan fingerprint density at radius 3 is 2.57 bits per heavy atom. The molecule has 0 amide bonds. The highest BCUT2D eigenvalue weighted by Gasteiger charge is 2.14. The number of carbonyl (C=O) groups excluding carboxylic acids is 1. The van der Waals surface area contributed by atoms with E-state index in [0.29, 0.717) is 32.9 Å². The molecule has 7 nitrogen and oxygen atoms in total. The zero-order valence-corrected chi connectivity index (χ0v) is 16.8. The summed E-state index contributed by atoms with van der Waals surface area (Å²) in [6.07, 6.45) is -0.784. The summed E-state index contributed by atoms with van der Waals surface area (Å²) in [5.74, 6) is 1.02. The number of nitrogens with zero attached hydrogens (tertiary/aromatic N) is 3. The molecule has 142 valence electrons. The largest absolute Gasteiger partial charge is 0.513 e. The van der Waals surface area contributed by atoms with Gasteiger partial charge in [0.1, 0.15) is 34.3 Å². The first-order chi connectivity index (χ1) is 13.5. The van der Waals surface area contributed by atoms with Gasteiger partial charge in [0.15, 0.2) is 0 Å².